The minimum absolute atomic E-state index is 0.107. The predicted molar refractivity (Wildman–Crippen MR) is 106 cm³/mol. The number of carbonyl (C=O) groups excluding carboxylic acids is 1. The molecule has 1 saturated heterocycles. The molecule has 0 aliphatic carbocycles. The highest BCUT2D eigenvalue weighted by Gasteiger charge is 2.36. The summed E-state index contributed by atoms with van der Waals surface area (Å²) in [6.07, 6.45) is 0.298. The van der Waals surface area contributed by atoms with Crippen LogP contribution in [0.1, 0.15) is 28.9 Å². The standard InChI is InChI=1S/C20H20F2N4OS/c21-20(22)8-4-9-26(13-20)17-6-2-1-5-15(17)19(27)23-12-14-11-16(25-24-14)18-7-3-10-28-18/h1-3,5-7,10-11H,4,8-9,12-13H2,(H,23,27)(H,24,25). The van der Waals surface area contributed by atoms with Gasteiger partial charge in [-0.05, 0) is 36.1 Å². The van der Waals surface area contributed by atoms with Crippen LogP contribution in [0.3, 0.4) is 0 Å². The van der Waals surface area contributed by atoms with Crippen LogP contribution in [0.4, 0.5) is 14.5 Å². The summed E-state index contributed by atoms with van der Waals surface area (Å²) in [5.74, 6) is -3.02. The van der Waals surface area contributed by atoms with E-state index in [9.17, 15) is 13.6 Å². The summed E-state index contributed by atoms with van der Waals surface area (Å²) < 4.78 is 27.6. The molecule has 5 nitrogen and oxygen atoms in total. The van der Waals surface area contributed by atoms with Crippen molar-refractivity contribution in [2.45, 2.75) is 25.3 Å². The van der Waals surface area contributed by atoms with Crippen molar-refractivity contribution in [2.24, 2.45) is 0 Å². The molecule has 1 aromatic carbocycles. The molecule has 0 atom stereocenters. The van der Waals surface area contributed by atoms with Crippen molar-refractivity contribution in [2.75, 3.05) is 18.0 Å². The highest BCUT2D eigenvalue weighted by molar-refractivity contribution is 7.13. The maximum Gasteiger partial charge on any atom is 0.265 e. The van der Waals surface area contributed by atoms with Crippen LogP contribution in [0.15, 0.2) is 47.8 Å². The van der Waals surface area contributed by atoms with Gasteiger partial charge in [0.25, 0.3) is 11.8 Å². The molecule has 0 unspecified atom stereocenters. The van der Waals surface area contributed by atoms with Crippen LogP contribution in [-0.4, -0.2) is 35.1 Å². The third-order valence-corrected chi connectivity index (χ3v) is 5.62. The summed E-state index contributed by atoms with van der Waals surface area (Å²) in [7, 11) is 0. The molecule has 0 saturated carbocycles. The zero-order valence-corrected chi connectivity index (χ0v) is 15.9. The highest BCUT2D eigenvalue weighted by Crippen LogP contribution is 2.31. The topological polar surface area (TPSA) is 61.0 Å². The van der Waals surface area contributed by atoms with E-state index in [2.05, 4.69) is 15.5 Å². The van der Waals surface area contributed by atoms with Gasteiger partial charge in [0.1, 0.15) is 5.69 Å². The van der Waals surface area contributed by atoms with E-state index in [0.29, 0.717) is 24.2 Å². The second-order valence-corrected chi connectivity index (χ2v) is 7.78. The van der Waals surface area contributed by atoms with E-state index >= 15 is 0 Å². The van der Waals surface area contributed by atoms with Crippen molar-refractivity contribution >= 4 is 22.9 Å². The maximum absolute atomic E-state index is 13.8. The molecule has 3 aromatic rings. The summed E-state index contributed by atoms with van der Waals surface area (Å²) in [5, 5.41) is 12.0. The number of aromatic amines is 1. The lowest BCUT2D eigenvalue weighted by atomic mass is 10.0. The molecule has 8 heteroatoms. The Hall–Kier alpha value is -2.74. The van der Waals surface area contributed by atoms with Gasteiger partial charge in [-0.2, -0.15) is 5.10 Å². The fourth-order valence-corrected chi connectivity index (χ4v) is 4.07. The molecule has 4 rings (SSSR count). The number of hydrogen-bond acceptors (Lipinski definition) is 4. The third-order valence-electron chi connectivity index (χ3n) is 4.73. The molecule has 0 spiro atoms. The van der Waals surface area contributed by atoms with Crippen molar-refractivity contribution in [3.05, 3.63) is 59.1 Å². The number of nitrogens with zero attached hydrogens (tertiary/aromatic N) is 2. The average Bonchev–Trinajstić information content (AvgIpc) is 3.37. The Morgan fingerprint density at radius 2 is 2.14 bits per heavy atom. The van der Waals surface area contributed by atoms with Gasteiger partial charge in [-0.1, -0.05) is 18.2 Å². The van der Waals surface area contributed by atoms with Gasteiger partial charge in [-0.3, -0.25) is 9.89 Å². The fraction of sp³-hybridized carbons (Fsp3) is 0.300. The Morgan fingerprint density at radius 1 is 1.29 bits per heavy atom. The number of halogens is 2. The lowest BCUT2D eigenvalue weighted by Gasteiger charge is -2.35. The zero-order chi connectivity index (χ0) is 19.6. The lowest BCUT2D eigenvalue weighted by Crippen LogP contribution is -2.43. The number of para-hydroxylation sites is 1. The molecule has 1 aliphatic heterocycles. The van der Waals surface area contributed by atoms with E-state index in [1.807, 2.05) is 23.6 Å². The number of alkyl halides is 2. The maximum atomic E-state index is 13.8. The number of amides is 1. The minimum atomic E-state index is -2.73. The van der Waals surface area contributed by atoms with E-state index in [1.54, 1.807) is 40.5 Å². The van der Waals surface area contributed by atoms with Crippen LogP contribution in [0.2, 0.25) is 0 Å². The van der Waals surface area contributed by atoms with E-state index in [-0.39, 0.29) is 25.4 Å². The molecule has 2 N–H and O–H groups in total. The number of nitrogens with one attached hydrogen (secondary N) is 2. The van der Waals surface area contributed by atoms with Crippen molar-refractivity contribution < 1.29 is 13.6 Å². The first-order valence-corrected chi connectivity index (χ1v) is 9.98. The smallest absolute Gasteiger partial charge is 0.265 e. The predicted octanol–water partition coefficient (Wildman–Crippen LogP) is 4.30. The molecule has 0 radical (unpaired) electrons. The van der Waals surface area contributed by atoms with E-state index in [4.69, 9.17) is 0 Å². The van der Waals surface area contributed by atoms with Crippen LogP contribution >= 0.6 is 11.3 Å². The van der Waals surface area contributed by atoms with E-state index < -0.39 is 5.92 Å². The number of thiophene rings is 1. The first-order chi connectivity index (χ1) is 13.5. The van der Waals surface area contributed by atoms with Gasteiger partial charge in [0.05, 0.1) is 29.2 Å². The number of aromatic nitrogens is 2. The number of anilines is 1. The molecular formula is C20H20F2N4OS. The SMILES string of the molecule is O=C(NCc1cc(-c2cccs2)n[nH]1)c1ccccc1N1CCCC(F)(F)C1. The van der Waals surface area contributed by atoms with Crippen molar-refractivity contribution in [1.29, 1.82) is 0 Å². The number of benzene rings is 1. The number of carbonyl (C=O) groups is 1. The summed E-state index contributed by atoms with van der Waals surface area (Å²) >= 11 is 1.59. The van der Waals surface area contributed by atoms with E-state index in [0.717, 1.165) is 16.3 Å². The largest absolute Gasteiger partial charge is 0.365 e. The first kappa shape index (κ1) is 18.6. The molecule has 3 heterocycles. The Kier molecular flexibility index (Phi) is 5.13. The highest BCUT2D eigenvalue weighted by atomic mass is 32.1. The number of hydrogen-bond donors (Lipinski definition) is 2. The summed E-state index contributed by atoms with van der Waals surface area (Å²) in [6.45, 7) is 0.439. The molecule has 146 valence electrons. The molecule has 2 aromatic heterocycles. The molecule has 1 fully saturated rings. The molecular weight excluding hydrogens is 382 g/mol. The Morgan fingerprint density at radius 3 is 2.93 bits per heavy atom. The van der Waals surface area contributed by atoms with E-state index in [1.165, 1.54) is 0 Å². The number of H-pyrrole nitrogens is 1. The van der Waals surface area contributed by atoms with Crippen molar-refractivity contribution in [3.63, 3.8) is 0 Å². The first-order valence-electron chi connectivity index (χ1n) is 9.10. The van der Waals surface area contributed by atoms with Crippen LogP contribution < -0.4 is 10.2 Å². The van der Waals surface area contributed by atoms with Gasteiger partial charge in [0.2, 0.25) is 0 Å². The van der Waals surface area contributed by atoms with Crippen molar-refractivity contribution in [1.82, 2.24) is 15.5 Å². The van der Waals surface area contributed by atoms with Gasteiger partial charge in [0, 0.05) is 18.7 Å². The minimum Gasteiger partial charge on any atom is -0.365 e. The van der Waals surface area contributed by atoms with Gasteiger partial charge in [0.15, 0.2) is 0 Å². The van der Waals surface area contributed by atoms with Gasteiger partial charge in [-0.15, -0.1) is 11.3 Å². The Labute approximate surface area is 165 Å². The summed E-state index contributed by atoms with van der Waals surface area (Å²) in [5.41, 5.74) is 2.55. The zero-order valence-electron chi connectivity index (χ0n) is 15.1. The van der Waals surface area contributed by atoms with Crippen LogP contribution in [0.25, 0.3) is 10.6 Å². The molecule has 28 heavy (non-hydrogen) atoms. The summed E-state index contributed by atoms with van der Waals surface area (Å²) in [6, 6.07) is 12.7. The second kappa shape index (κ2) is 7.71. The Bertz CT molecular complexity index is 955. The lowest BCUT2D eigenvalue weighted by molar-refractivity contribution is -0.0117. The molecule has 0 bridgehead atoms. The Balaban J connectivity index is 1.45. The molecule has 1 amide bonds. The summed E-state index contributed by atoms with van der Waals surface area (Å²) in [4.78, 5) is 15.4. The average molecular weight is 402 g/mol. The van der Waals surface area contributed by atoms with Crippen LogP contribution in [0.5, 0.6) is 0 Å². The number of piperidine rings is 1. The van der Waals surface area contributed by atoms with Crippen LogP contribution in [0, 0.1) is 0 Å². The van der Waals surface area contributed by atoms with Crippen molar-refractivity contribution in [3.8, 4) is 10.6 Å². The van der Waals surface area contributed by atoms with Gasteiger partial charge in [-0.25, -0.2) is 8.78 Å². The second-order valence-electron chi connectivity index (χ2n) is 6.84. The third kappa shape index (κ3) is 4.06. The normalized spacial score (nSPS) is 16.1. The van der Waals surface area contributed by atoms with Crippen LogP contribution in [-0.2, 0) is 6.54 Å². The van der Waals surface area contributed by atoms with Gasteiger partial charge >= 0.3 is 0 Å². The van der Waals surface area contributed by atoms with Gasteiger partial charge < -0.3 is 10.2 Å². The quantitative estimate of drug-likeness (QED) is 0.669. The number of rotatable bonds is 5. The monoisotopic (exact) mass is 402 g/mol. The fourth-order valence-electron chi connectivity index (χ4n) is 3.39. The molecule has 1 aliphatic rings.